The first-order valence-corrected chi connectivity index (χ1v) is 6.76. The summed E-state index contributed by atoms with van der Waals surface area (Å²) in [5, 5.41) is 14.2. The second kappa shape index (κ2) is 5.48. The molecule has 0 aromatic carbocycles. The van der Waals surface area contributed by atoms with Gasteiger partial charge in [0.25, 0.3) is 5.89 Å². The Labute approximate surface area is 111 Å². The molecule has 0 aliphatic heterocycles. The van der Waals surface area contributed by atoms with Crippen molar-refractivity contribution in [1.82, 2.24) is 15.1 Å². The number of aliphatic hydroxyl groups is 1. The molecular formula is C14H17N3O2. The molecule has 0 amide bonds. The quantitative estimate of drug-likeness (QED) is 0.917. The maximum absolute atomic E-state index is 10.3. The zero-order chi connectivity index (χ0) is 13.1. The van der Waals surface area contributed by atoms with Crippen molar-refractivity contribution in [2.45, 2.75) is 38.2 Å². The summed E-state index contributed by atoms with van der Waals surface area (Å²) in [6.45, 7) is 0. The monoisotopic (exact) mass is 259 g/mol. The summed E-state index contributed by atoms with van der Waals surface area (Å²) in [5.41, 5.74) is 0.848. The highest BCUT2D eigenvalue weighted by Crippen LogP contribution is 2.34. The van der Waals surface area contributed by atoms with Crippen LogP contribution in [-0.2, 0) is 0 Å². The zero-order valence-corrected chi connectivity index (χ0v) is 10.7. The predicted octanol–water partition coefficient (Wildman–Crippen LogP) is 2.75. The molecule has 0 bridgehead atoms. The highest BCUT2D eigenvalue weighted by molar-refractivity contribution is 5.52. The number of nitrogens with zero attached hydrogens (tertiary/aromatic N) is 3. The van der Waals surface area contributed by atoms with Crippen LogP contribution in [-0.4, -0.2) is 20.2 Å². The fourth-order valence-electron chi connectivity index (χ4n) is 2.63. The Bertz CT molecular complexity index is 520. The van der Waals surface area contributed by atoms with Crippen molar-refractivity contribution in [2.75, 3.05) is 0 Å². The van der Waals surface area contributed by atoms with Gasteiger partial charge in [0.05, 0.1) is 0 Å². The van der Waals surface area contributed by atoms with E-state index in [-0.39, 0.29) is 5.92 Å². The smallest absolute Gasteiger partial charge is 0.256 e. The largest absolute Gasteiger partial charge is 0.383 e. The Morgan fingerprint density at radius 1 is 1.16 bits per heavy atom. The minimum absolute atomic E-state index is 0.250. The molecule has 100 valence electrons. The first kappa shape index (κ1) is 12.3. The molecule has 1 fully saturated rings. The predicted molar refractivity (Wildman–Crippen MR) is 69.1 cm³/mol. The first-order valence-electron chi connectivity index (χ1n) is 6.76. The average Bonchev–Trinajstić information content (AvgIpc) is 2.98. The summed E-state index contributed by atoms with van der Waals surface area (Å²) >= 11 is 0. The first-order chi connectivity index (χ1) is 9.34. The van der Waals surface area contributed by atoms with Crippen molar-refractivity contribution < 1.29 is 9.63 Å². The summed E-state index contributed by atoms with van der Waals surface area (Å²) in [5.74, 6) is 1.09. The molecule has 1 aliphatic rings. The molecule has 1 unspecified atom stereocenters. The van der Waals surface area contributed by atoms with Crippen LogP contribution in [0.5, 0.6) is 0 Å². The molecule has 1 atom stereocenters. The minimum Gasteiger partial charge on any atom is -0.383 e. The summed E-state index contributed by atoms with van der Waals surface area (Å²) in [7, 11) is 0. The van der Waals surface area contributed by atoms with E-state index in [1.165, 1.54) is 19.3 Å². The van der Waals surface area contributed by atoms with E-state index in [2.05, 4.69) is 15.1 Å². The molecule has 0 saturated heterocycles. The van der Waals surface area contributed by atoms with Crippen molar-refractivity contribution in [2.24, 2.45) is 5.92 Å². The van der Waals surface area contributed by atoms with E-state index in [0.717, 1.165) is 18.4 Å². The molecule has 0 spiro atoms. The van der Waals surface area contributed by atoms with Gasteiger partial charge in [-0.3, -0.25) is 4.98 Å². The van der Waals surface area contributed by atoms with Crippen LogP contribution in [0.25, 0.3) is 11.4 Å². The van der Waals surface area contributed by atoms with Gasteiger partial charge in [-0.25, -0.2) is 0 Å². The summed E-state index contributed by atoms with van der Waals surface area (Å²) in [6.07, 6.45) is 8.41. The van der Waals surface area contributed by atoms with E-state index in [1.807, 2.05) is 12.1 Å². The molecule has 5 nitrogen and oxygen atoms in total. The Balaban J connectivity index is 1.77. The van der Waals surface area contributed by atoms with Crippen LogP contribution in [0, 0.1) is 5.92 Å². The third-order valence-corrected chi connectivity index (χ3v) is 3.73. The van der Waals surface area contributed by atoms with Gasteiger partial charge in [-0.1, -0.05) is 24.4 Å². The molecule has 5 heteroatoms. The molecule has 2 heterocycles. The van der Waals surface area contributed by atoms with E-state index in [0.29, 0.717) is 11.7 Å². The van der Waals surface area contributed by atoms with Gasteiger partial charge in [-0.2, -0.15) is 4.98 Å². The van der Waals surface area contributed by atoms with Crippen molar-refractivity contribution in [3.8, 4) is 11.4 Å². The summed E-state index contributed by atoms with van der Waals surface area (Å²) in [6, 6.07) is 3.64. The van der Waals surface area contributed by atoms with Crippen molar-refractivity contribution in [3.05, 3.63) is 30.4 Å². The SMILES string of the molecule is OC(c1nc(-c2ccncc2)no1)C1CCCCC1. The van der Waals surface area contributed by atoms with Gasteiger partial charge in [0.1, 0.15) is 6.10 Å². The Morgan fingerprint density at radius 2 is 1.89 bits per heavy atom. The summed E-state index contributed by atoms with van der Waals surface area (Å²) in [4.78, 5) is 8.25. The van der Waals surface area contributed by atoms with Gasteiger partial charge in [-0.05, 0) is 30.9 Å². The lowest BCUT2D eigenvalue weighted by Gasteiger charge is -2.23. The second-order valence-corrected chi connectivity index (χ2v) is 5.04. The van der Waals surface area contributed by atoms with Crippen molar-refractivity contribution >= 4 is 0 Å². The Hall–Kier alpha value is -1.75. The third-order valence-electron chi connectivity index (χ3n) is 3.73. The van der Waals surface area contributed by atoms with E-state index in [9.17, 15) is 5.11 Å². The topological polar surface area (TPSA) is 72.0 Å². The molecule has 3 rings (SSSR count). The maximum atomic E-state index is 10.3. The van der Waals surface area contributed by atoms with Crippen LogP contribution in [0.1, 0.15) is 44.1 Å². The fourth-order valence-corrected chi connectivity index (χ4v) is 2.63. The third kappa shape index (κ3) is 2.66. The average molecular weight is 259 g/mol. The van der Waals surface area contributed by atoms with Gasteiger partial charge >= 0.3 is 0 Å². The number of hydrogen-bond donors (Lipinski definition) is 1. The normalized spacial score (nSPS) is 18.4. The molecule has 2 aromatic heterocycles. The van der Waals surface area contributed by atoms with Crippen LogP contribution < -0.4 is 0 Å². The number of aliphatic hydroxyl groups excluding tert-OH is 1. The van der Waals surface area contributed by atoms with Gasteiger partial charge in [0, 0.05) is 18.0 Å². The van der Waals surface area contributed by atoms with Crippen LogP contribution >= 0.6 is 0 Å². The van der Waals surface area contributed by atoms with E-state index < -0.39 is 6.10 Å². The van der Waals surface area contributed by atoms with Crippen LogP contribution in [0.2, 0.25) is 0 Å². The standard InChI is InChI=1S/C14H17N3O2/c18-12(10-4-2-1-3-5-10)14-16-13(17-19-14)11-6-8-15-9-7-11/h6-10,12,18H,1-5H2. The maximum Gasteiger partial charge on any atom is 0.256 e. The van der Waals surface area contributed by atoms with Gasteiger partial charge in [0.2, 0.25) is 5.82 Å². The van der Waals surface area contributed by atoms with Crippen molar-refractivity contribution in [1.29, 1.82) is 0 Å². The zero-order valence-electron chi connectivity index (χ0n) is 10.7. The second-order valence-electron chi connectivity index (χ2n) is 5.04. The van der Waals surface area contributed by atoms with E-state index in [4.69, 9.17) is 4.52 Å². The molecule has 19 heavy (non-hydrogen) atoms. The highest BCUT2D eigenvalue weighted by Gasteiger charge is 2.27. The fraction of sp³-hybridized carbons (Fsp3) is 0.500. The van der Waals surface area contributed by atoms with Gasteiger partial charge in [0.15, 0.2) is 0 Å². The van der Waals surface area contributed by atoms with E-state index >= 15 is 0 Å². The van der Waals surface area contributed by atoms with Crippen molar-refractivity contribution in [3.63, 3.8) is 0 Å². The van der Waals surface area contributed by atoms with Crippen LogP contribution in [0.4, 0.5) is 0 Å². The van der Waals surface area contributed by atoms with Gasteiger partial charge < -0.3 is 9.63 Å². The van der Waals surface area contributed by atoms with Crippen LogP contribution in [0.15, 0.2) is 29.0 Å². The van der Waals surface area contributed by atoms with E-state index in [1.54, 1.807) is 12.4 Å². The Kier molecular flexibility index (Phi) is 3.55. The molecule has 1 saturated carbocycles. The lowest BCUT2D eigenvalue weighted by Crippen LogP contribution is -2.16. The van der Waals surface area contributed by atoms with Gasteiger partial charge in [-0.15, -0.1) is 0 Å². The highest BCUT2D eigenvalue weighted by atomic mass is 16.5. The lowest BCUT2D eigenvalue weighted by molar-refractivity contribution is 0.0552. The minimum atomic E-state index is -0.636. The molecular weight excluding hydrogens is 242 g/mol. The number of rotatable bonds is 3. The molecule has 1 N–H and O–H groups in total. The molecule has 0 radical (unpaired) electrons. The molecule has 1 aliphatic carbocycles. The van der Waals surface area contributed by atoms with Crippen LogP contribution in [0.3, 0.4) is 0 Å². The Morgan fingerprint density at radius 3 is 2.63 bits per heavy atom. The lowest BCUT2D eigenvalue weighted by atomic mass is 9.85. The number of hydrogen-bond acceptors (Lipinski definition) is 5. The summed E-state index contributed by atoms with van der Waals surface area (Å²) < 4.78 is 5.20. The number of aromatic nitrogens is 3. The number of pyridine rings is 1. The molecule has 2 aromatic rings.